The highest BCUT2D eigenvalue weighted by molar-refractivity contribution is 6.50. The van der Waals surface area contributed by atoms with Gasteiger partial charge in [-0.05, 0) is 26.2 Å². The molecule has 0 fully saturated rings. The van der Waals surface area contributed by atoms with E-state index >= 15 is 0 Å². The van der Waals surface area contributed by atoms with Gasteiger partial charge in [-0.25, -0.2) is 0 Å². The van der Waals surface area contributed by atoms with Crippen molar-refractivity contribution in [1.82, 2.24) is 0 Å². The van der Waals surface area contributed by atoms with E-state index in [1.807, 2.05) is 0 Å². The Morgan fingerprint density at radius 3 is 1.50 bits per heavy atom. The van der Waals surface area contributed by atoms with Crippen molar-refractivity contribution in [3.63, 3.8) is 0 Å². The summed E-state index contributed by atoms with van der Waals surface area (Å²) in [6, 6.07) is 0. The molecule has 0 aliphatic heterocycles. The Bertz CT molecular complexity index is 77.0. The van der Waals surface area contributed by atoms with E-state index in [0.29, 0.717) is 0 Å². The molecule has 0 unspecified atom stereocenters. The predicted molar refractivity (Wildman–Crippen MR) is 53.7 cm³/mol. The minimum atomic E-state index is -0.855. The molecule has 0 aromatic rings. The van der Waals surface area contributed by atoms with E-state index in [2.05, 4.69) is 26.2 Å². The molecular weight excluding hydrogens is 176 g/mol. The minimum absolute atomic E-state index is 0.179. The van der Waals surface area contributed by atoms with E-state index in [9.17, 15) is 0 Å². The monoisotopic (exact) mass is 194 g/mol. The zero-order valence-corrected chi connectivity index (χ0v) is 11.9. The third-order valence-corrected chi connectivity index (χ3v) is 4.42. The van der Waals surface area contributed by atoms with E-state index in [-0.39, 0.29) is 5.91 Å². The van der Waals surface area contributed by atoms with Gasteiger partial charge in [0.05, 0.1) is 10.2 Å². The summed E-state index contributed by atoms with van der Waals surface area (Å²) in [5.41, 5.74) is 0. The molecule has 0 rings (SSSR count). The maximum atomic E-state index is 5.57. The third kappa shape index (κ3) is 6.69. The van der Waals surface area contributed by atoms with Crippen molar-refractivity contribution in [3.8, 4) is 0 Å². The topological polar surface area (TPSA) is 18.5 Å². The highest BCUT2D eigenvalue weighted by Gasteiger charge is 2.06. The van der Waals surface area contributed by atoms with E-state index < -0.39 is 18.1 Å². The molecule has 0 saturated carbocycles. The molecule has 10 heavy (non-hydrogen) atoms. The van der Waals surface area contributed by atoms with Crippen LogP contribution in [0.1, 0.15) is 0 Å². The lowest BCUT2D eigenvalue weighted by molar-refractivity contribution is 0.0762. The average molecular weight is 194 g/mol. The van der Waals surface area contributed by atoms with Crippen molar-refractivity contribution in [2.45, 2.75) is 32.1 Å². The highest BCUT2D eigenvalue weighted by atomic mass is 28.3. The van der Waals surface area contributed by atoms with E-state index in [0.717, 1.165) is 10.2 Å². The van der Waals surface area contributed by atoms with Gasteiger partial charge in [-0.2, -0.15) is 0 Å². The Hall–Kier alpha value is 0.571. The standard InChI is InChI=1S/C5H18O2Si3/c1-9(2)6-5(8)7-10(3)4/h5,9-10H,1-4,8H3. The molecule has 0 saturated heterocycles. The summed E-state index contributed by atoms with van der Waals surface area (Å²) < 4.78 is 11.1. The zero-order valence-electron chi connectivity index (χ0n) is 7.55. The minimum Gasteiger partial charge on any atom is -0.401 e. The van der Waals surface area contributed by atoms with Gasteiger partial charge in [-0.3, -0.25) is 0 Å². The summed E-state index contributed by atoms with van der Waals surface area (Å²) >= 11 is 0. The Morgan fingerprint density at radius 1 is 1.00 bits per heavy atom. The van der Waals surface area contributed by atoms with Gasteiger partial charge < -0.3 is 8.85 Å². The maximum Gasteiger partial charge on any atom is 0.173 e. The van der Waals surface area contributed by atoms with Crippen LogP contribution in [0.4, 0.5) is 0 Å². The molecule has 0 heterocycles. The van der Waals surface area contributed by atoms with Crippen LogP contribution in [-0.4, -0.2) is 34.2 Å². The summed E-state index contributed by atoms with van der Waals surface area (Å²) in [4.78, 5) is 0. The third-order valence-electron chi connectivity index (χ3n) is 0.928. The van der Waals surface area contributed by atoms with Crippen LogP contribution < -0.4 is 0 Å². The summed E-state index contributed by atoms with van der Waals surface area (Å²) in [7, 11) is -0.701. The second-order valence-electron chi connectivity index (χ2n) is 2.94. The Kier molecular flexibility index (Phi) is 5.55. The van der Waals surface area contributed by atoms with Crippen molar-refractivity contribution in [2.75, 3.05) is 0 Å². The van der Waals surface area contributed by atoms with Crippen LogP contribution in [0.5, 0.6) is 0 Å². The fourth-order valence-electron chi connectivity index (χ4n) is 0.799. The zero-order chi connectivity index (χ0) is 8.15. The molecule has 5 heteroatoms. The van der Waals surface area contributed by atoms with Crippen LogP contribution in [0.15, 0.2) is 0 Å². The highest BCUT2D eigenvalue weighted by Crippen LogP contribution is 1.95. The smallest absolute Gasteiger partial charge is 0.173 e. The first-order valence-electron chi connectivity index (χ1n) is 3.83. The molecule has 0 aromatic heterocycles. The molecule has 0 spiro atoms. The normalized spacial score (nSPS) is 12.3. The van der Waals surface area contributed by atoms with Crippen LogP contribution >= 0.6 is 0 Å². The average Bonchev–Trinajstić information content (AvgIpc) is 1.58. The number of hydrogen-bond donors (Lipinski definition) is 0. The maximum absolute atomic E-state index is 5.57. The quantitative estimate of drug-likeness (QED) is 0.449. The van der Waals surface area contributed by atoms with Gasteiger partial charge in [0.25, 0.3) is 0 Å². The fourth-order valence-corrected chi connectivity index (χ4v) is 5.85. The van der Waals surface area contributed by atoms with Crippen LogP contribution in [0.3, 0.4) is 0 Å². The summed E-state index contributed by atoms with van der Waals surface area (Å²) in [6.45, 7) is 8.71. The van der Waals surface area contributed by atoms with Crippen LogP contribution in [-0.2, 0) is 8.85 Å². The van der Waals surface area contributed by atoms with Crippen LogP contribution in [0.2, 0.25) is 26.2 Å². The first-order chi connectivity index (χ1) is 4.52. The number of hydrogen-bond acceptors (Lipinski definition) is 2. The Labute approximate surface area is 69.8 Å². The van der Waals surface area contributed by atoms with Gasteiger partial charge in [0, 0.05) is 0 Å². The van der Waals surface area contributed by atoms with Crippen LogP contribution in [0.25, 0.3) is 0 Å². The summed E-state index contributed by atoms with van der Waals surface area (Å²) in [5.74, 6) is 0.179. The van der Waals surface area contributed by atoms with Crippen LogP contribution in [0, 0.1) is 0 Å². The van der Waals surface area contributed by atoms with Crippen molar-refractivity contribution >= 4 is 28.3 Å². The van der Waals surface area contributed by atoms with Gasteiger partial charge in [-0.1, -0.05) is 0 Å². The molecule has 0 amide bonds. The van der Waals surface area contributed by atoms with Gasteiger partial charge >= 0.3 is 0 Å². The lowest BCUT2D eigenvalue weighted by atomic mass is 11.5. The van der Waals surface area contributed by atoms with Gasteiger partial charge in [-0.15, -0.1) is 0 Å². The Balaban J connectivity index is 3.34. The van der Waals surface area contributed by atoms with Gasteiger partial charge in [0.15, 0.2) is 18.1 Å². The molecule has 0 atom stereocenters. The first-order valence-corrected chi connectivity index (χ1v) is 10.5. The lowest BCUT2D eigenvalue weighted by Crippen LogP contribution is -2.28. The Morgan fingerprint density at radius 2 is 1.30 bits per heavy atom. The van der Waals surface area contributed by atoms with Crippen molar-refractivity contribution in [3.05, 3.63) is 0 Å². The van der Waals surface area contributed by atoms with Gasteiger partial charge in [0.2, 0.25) is 0 Å². The summed E-state index contributed by atoms with van der Waals surface area (Å²) in [6.07, 6.45) is 0. The van der Waals surface area contributed by atoms with Crippen molar-refractivity contribution < 1.29 is 8.85 Å². The molecule has 0 radical (unpaired) electrons. The fraction of sp³-hybridized carbons (Fsp3) is 1.00. The molecule has 0 aliphatic rings. The molecule has 2 nitrogen and oxygen atoms in total. The molecule has 0 aliphatic carbocycles. The molecule has 0 bridgehead atoms. The second-order valence-corrected chi connectivity index (χ2v) is 8.62. The lowest BCUT2D eigenvalue weighted by Gasteiger charge is -2.18. The molecular formula is C5H18O2Si3. The van der Waals surface area contributed by atoms with Crippen molar-refractivity contribution in [2.24, 2.45) is 0 Å². The molecule has 62 valence electrons. The molecule has 0 N–H and O–H groups in total. The molecule has 0 aromatic carbocycles. The first kappa shape index (κ1) is 10.6. The predicted octanol–water partition coefficient (Wildman–Crippen LogP) is -0.365. The van der Waals surface area contributed by atoms with E-state index in [4.69, 9.17) is 8.85 Å². The van der Waals surface area contributed by atoms with E-state index in [1.54, 1.807) is 0 Å². The second kappa shape index (κ2) is 5.25. The number of rotatable bonds is 4. The SMILES string of the molecule is C[SiH](C)OC([SiH3])O[SiH](C)C. The van der Waals surface area contributed by atoms with Crippen molar-refractivity contribution in [1.29, 1.82) is 0 Å². The van der Waals surface area contributed by atoms with E-state index in [1.165, 1.54) is 0 Å². The summed E-state index contributed by atoms with van der Waals surface area (Å²) in [5, 5.41) is 0. The largest absolute Gasteiger partial charge is 0.401 e. The van der Waals surface area contributed by atoms with Gasteiger partial charge in [0.1, 0.15) is 5.91 Å².